The monoisotopic (exact) mass is 448 g/mol. The number of imidazole rings is 1. The summed E-state index contributed by atoms with van der Waals surface area (Å²) in [4.78, 5) is 42.7. The average molecular weight is 449 g/mol. The van der Waals surface area contributed by atoms with E-state index in [1.807, 2.05) is 43.5 Å². The van der Waals surface area contributed by atoms with Crippen LogP contribution in [0.25, 0.3) is 17.1 Å². The summed E-state index contributed by atoms with van der Waals surface area (Å²) in [5.74, 6) is 0.220. The van der Waals surface area contributed by atoms with Crippen molar-refractivity contribution in [2.45, 2.75) is 53.6 Å². The molecule has 0 aliphatic heterocycles. The van der Waals surface area contributed by atoms with E-state index in [1.54, 1.807) is 11.7 Å². The Kier molecular flexibility index (Phi) is 5.88. The minimum Gasteiger partial charge on any atom is -0.302 e. The maximum atomic E-state index is 13.4. The van der Waals surface area contributed by atoms with Gasteiger partial charge in [0.2, 0.25) is 5.95 Å². The number of rotatable bonds is 7. The highest BCUT2D eigenvalue weighted by molar-refractivity contribution is 5.76. The van der Waals surface area contributed by atoms with Gasteiger partial charge in [0.05, 0.1) is 12.2 Å². The van der Waals surface area contributed by atoms with Crippen LogP contribution in [0, 0.1) is 20.8 Å². The maximum Gasteiger partial charge on any atom is 0.332 e. The van der Waals surface area contributed by atoms with Crippen molar-refractivity contribution in [2.75, 3.05) is 0 Å². The second-order valence-corrected chi connectivity index (χ2v) is 8.47. The Morgan fingerprint density at radius 1 is 1.03 bits per heavy atom. The van der Waals surface area contributed by atoms with Crippen LogP contribution in [0.2, 0.25) is 0 Å². The number of hydrogen-bond donors (Lipinski definition) is 0. The Bertz CT molecular complexity index is 1470. The van der Waals surface area contributed by atoms with E-state index in [0.717, 1.165) is 34.4 Å². The van der Waals surface area contributed by atoms with Crippen molar-refractivity contribution >= 4 is 16.9 Å². The minimum absolute atomic E-state index is 0.266. The second-order valence-electron chi connectivity index (χ2n) is 8.47. The van der Waals surface area contributed by atoms with Crippen LogP contribution in [0.4, 0.5) is 0 Å². The number of nitrogens with zero attached hydrogens (tertiary/aromatic N) is 6. The van der Waals surface area contributed by atoms with Gasteiger partial charge in [-0.15, -0.1) is 0 Å². The largest absolute Gasteiger partial charge is 0.332 e. The minimum atomic E-state index is -0.562. The molecule has 1 aromatic carbocycles. The Morgan fingerprint density at radius 3 is 2.33 bits per heavy atom. The molecule has 3 aromatic heterocycles. The highest BCUT2D eigenvalue weighted by Crippen LogP contribution is 2.20. The molecule has 0 fully saturated rings. The zero-order valence-electron chi connectivity index (χ0n) is 19.6. The van der Waals surface area contributed by atoms with Crippen LogP contribution in [-0.2, 0) is 31.4 Å². The first-order valence-corrected chi connectivity index (χ1v) is 11.0. The Hall–Kier alpha value is -3.75. The third kappa shape index (κ3) is 3.94. The summed E-state index contributed by atoms with van der Waals surface area (Å²) in [7, 11) is 1.57. The van der Waals surface area contributed by atoms with E-state index in [9.17, 15) is 14.4 Å². The summed E-state index contributed by atoms with van der Waals surface area (Å²) in [6, 6.07) is 10.1. The van der Waals surface area contributed by atoms with Crippen molar-refractivity contribution in [1.29, 1.82) is 0 Å². The van der Waals surface area contributed by atoms with Gasteiger partial charge in [0.15, 0.2) is 11.2 Å². The Labute approximate surface area is 190 Å². The molecule has 4 aromatic rings. The standard InChI is InChI=1S/C24H28N6O3/c1-15(31)14-29-22(32)20-21(27(5)24(29)33)25-23(30-18(4)16(2)17(3)26-30)28(20)13-9-12-19-10-7-6-8-11-19/h6-8,10-11H,9,12-14H2,1-5H3. The van der Waals surface area contributed by atoms with E-state index in [2.05, 4.69) is 17.2 Å². The van der Waals surface area contributed by atoms with Crippen molar-refractivity contribution in [3.63, 3.8) is 0 Å². The fourth-order valence-electron chi connectivity index (χ4n) is 4.10. The summed E-state index contributed by atoms with van der Waals surface area (Å²) in [6.45, 7) is 7.47. The lowest BCUT2D eigenvalue weighted by molar-refractivity contribution is -0.117. The average Bonchev–Trinajstić information content (AvgIpc) is 3.28. The number of benzene rings is 1. The summed E-state index contributed by atoms with van der Waals surface area (Å²) < 4.78 is 5.87. The SMILES string of the molecule is CC(=O)Cn1c(=O)c2c(nc(-n3nc(C)c(C)c3C)n2CCCc2ccccc2)n(C)c1=O. The van der Waals surface area contributed by atoms with Gasteiger partial charge in [-0.05, 0) is 51.7 Å². The summed E-state index contributed by atoms with van der Waals surface area (Å²) in [6.07, 6.45) is 1.58. The maximum absolute atomic E-state index is 13.4. The van der Waals surface area contributed by atoms with Gasteiger partial charge in [0.25, 0.3) is 5.56 Å². The molecule has 0 bridgehead atoms. The Morgan fingerprint density at radius 2 is 1.73 bits per heavy atom. The predicted molar refractivity (Wildman–Crippen MR) is 126 cm³/mol. The highest BCUT2D eigenvalue weighted by atomic mass is 16.2. The van der Waals surface area contributed by atoms with Gasteiger partial charge in [-0.3, -0.25) is 18.7 Å². The van der Waals surface area contributed by atoms with Crippen LogP contribution in [-0.4, -0.2) is 34.2 Å². The van der Waals surface area contributed by atoms with Gasteiger partial charge in [-0.1, -0.05) is 30.3 Å². The molecule has 33 heavy (non-hydrogen) atoms. The number of ketones is 1. The molecule has 0 radical (unpaired) electrons. The fourth-order valence-corrected chi connectivity index (χ4v) is 4.10. The van der Waals surface area contributed by atoms with Crippen LogP contribution in [0.15, 0.2) is 39.9 Å². The molecule has 0 saturated carbocycles. The van der Waals surface area contributed by atoms with E-state index < -0.39 is 11.2 Å². The molecule has 172 valence electrons. The normalized spacial score (nSPS) is 11.4. The molecule has 9 heteroatoms. The number of hydrogen-bond acceptors (Lipinski definition) is 5. The molecule has 4 rings (SSSR count). The first-order chi connectivity index (χ1) is 15.7. The summed E-state index contributed by atoms with van der Waals surface area (Å²) in [5.41, 5.74) is 3.54. The van der Waals surface area contributed by atoms with Crippen molar-refractivity contribution in [3.8, 4) is 5.95 Å². The summed E-state index contributed by atoms with van der Waals surface area (Å²) >= 11 is 0. The second kappa shape index (κ2) is 8.65. The lowest BCUT2D eigenvalue weighted by Gasteiger charge is -2.11. The molecule has 3 heterocycles. The van der Waals surface area contributed by atoms with E-state index in [4.69, 9.17) is 4.98 Å². The molecule has 0 saturated heterocycles. The van der Waals surface area contributed by atoms with Gasteiger partial charge in [-0.2, -0.15) is 10.1 Å². The highest BCUT2D eigenvalue weighted by Gasteiger charge is 2.23. The van der Waals surface area contributed by atoms with Crippen molar-refractivity contribution in [3.05, 3.63) is 73.7 Å². The molecule has 0 aliphatic carbocycles. The third-order valence-electron chi connectivity index (χ3n) is 6.13. The number of aromatic nitrogens is 6. The third-order valence-corrected chi connectivity index (χ3v) is 6.13. The van der Waals surface area contributed by atoms with E-state index in [-0.39, 0.29) is 18.0 Å². The topological polar surface area (TPSA) is 96.7 Å². The van der Waals surface area contributed by atoms with Crippen LogP contribution in [0.5, 0.6) is 0 Å². The lowest BCUT2D eigenvalue weighted by Crippen LogP contribution is -2.41. The molecule has 0 unspecified atom stereocenters. The van der Waals surface area contributed by atoms with Crippen LogP contribution >= 0.6 is 0 Å². The molecule has 0 N–H and O–H groups in total. The molecular weight excluding hydrogens is 420 g/mol. The van der Waals surface area contributed by atoms with Gasteiger partial charge >= 0.3 is 5.69 Å². The molecular formula is C24H28N6O3. The first-order valence-electron chi connectivity index (χ1n) is 11.0. The van der Waals surface area contributed by atoms with Crippen LogP contribution < -0.4 is 11.2 Å². The van der Waals surface area contributed by atoms with E-state index in [1.165, 1.54) is 17.1 Å². The van der Waals surface area contributed by atoms with Crippen LogP contribution in [0.1, 0.15) is 35.9 Å². The van der Waals surface area contributed by atoms with E-state index >= 15 is 0 Å². The first kappa shape index (κ1) is 22.4. The quantitative estimate of drug-likeness (QED) is 0.432. The molecule has 0 amide bonds. The Balaban J connectivity index is 1.92. The smallest absolute Gasteiger partial charge is 0.302 e. The number of aryl methyl sites for hydroxylation is 4. The number of fused-ring (bicyclic) bond motifs is 1. The van der Waals surface area contributed by atoms with E-state index in [0.29, 0.717) is 18.0 Å². The molecule has 0 atom stereocenters. The summed E-state index contributed by atoms with van der Waals surface area (Å²) in [5, 5.41) is 4.64. The van der Waals surface area contributed by atoms with Gasteiger partial charge in [0.1, 0.15) is 5.78 Å². The zero-order valence-corrected chi connectivity index (χ0v) is 19.6. The number of carbonyl (C=O) groups excluding carboxylic acids is 1. The zero-order chi connectivity index (χ0) is 23.9. The molecule has 0 spiro atoms. The van der Waals surface area contributed by atoms with Crippen molar-refractivity contribution in [2.24, 2.45) is 7.05 Å². The van der Waals surface area contributed by atoms with Gasteiger partial charge in [-0.25, -0.2) is 9.48 Å². The fraction of sp³-hybridized carbons (Fsp3) is 0.375. The van der Waals surface area contributed by atoms with Gasteiger partial charge < -0.3 is 4.57 Å². The number of Topliss-reactive ketones (excluding diaryl/α,β-unsaturated/α-hetero) is 1. The predicted octanol–water partition coefficient (Wildman–Crippen LogP) is 2.23. The number of carbonyl (C=O) groups is 1. The molecule has 9 nitrogen and oxygen atoms in total. The van der Waals surface area contributed by atoms with Crippen LogP contribution in [0.3, 0.4) is 0 Å². The lowest BCUT2D eigenvalue weighted by atomic mass is 10.1. The molecule has 0 aliphatic rings. The van der Waals surface area contributed by atoms with Crippen molar-refractivity contribution < 1.29 is 4.79 Å². The van der Waals surface area contributed by atoms with Gasteiger partial charge in [0, 0.05) is 19.3 Å². The van der Waals surface area contributed by atoms with Crippen molar-refractivity contribution in [1.82, 2.24) is 28.5 Å².